The summed E-state index contributed by atoms with van der Waals surface area (Å²) < 4.78 is 0. The number of hydrogen-bond acceptors (Lipinski definition) is 8. The molecule has 44 heavy (non-hydrogen) atoms. The Kier molecular flexibility index (Phi) is 8.39. The van der Waals surface area contributed by atoms with Gasteiger partial charge in [0, 0.05) is 25.7 Å². The molecule has 0 aliphatic heterocycles. The summed E-state index contributed by atoms with van der Waals surface area (Å²) in [5.41, 5.74) is 6.32. The molecule has 0 amide bonds. The number of rotatable bonds is 4. The zero-order valence-electron chi connectivity index (χ0n) is 23.9. The second-order valence-electron chi connectivity index (χ2n) is 11.1. The van der Waals surface area contributed by atoms with E-state index in [1.165, 1.54) is 0 Å². The Labute approximate surface area is 255 Å². The number of fused-ring (bicyclic) bond motifs is 8. The highest BCUT2D eigenvalue weighted by atomic mass is 16.3. The molecule has 8 nitrogen and oxygen atoms in total. The van der Waals surface area contributed by atoms with Gasteiger partial charge < -0.3 is 20.4 Å². The van der Waals surface area contributed by atoms with Crippen LogP contribution in [0.4, 0.5) is 0 Å². The van der Waals surface area contributed by atoms with Crippen molar-refractivity contribution in [3.05, 3.63) is 115 Å². The molecule has 0 saturated heterocycles. The van der Waals surface area contributed by atoms with Gasteiger partial charge in [0.05, 0.1) is 50.0 Å². The average Bonchev–Trinajstić information content (AvgIpc) is 2.98. The minimum atomic E-state index is -0.0407. The Bertz CT molecular complexity index is 1590. The Morgan fingerprint density at radius 2 is 0.523 bits per heavy atom. The Balaban J connectivity index is 1.82. The van der Waals surface area contributed by atoms with Gasteiger partial charge in [0.25, 0.3) is 0 Å². The molecule has 1 aliphatic rings. The van der Waals surface area contributed by atoms with Crippen LogP contribution in [0.15, 0.2) is 48.5 Å². The third-order valence-corrected chi connectivity index (χ3v) is 7.97. The van der Waals surface area contributed by atoms with Crippen molar-refractivity contribution < 1.29 is 20.4 Å². The fourth-order valence-corrected chi connectivity index (χ4v) is 6.00. The predicted molar refractivity (Wildman–Crippen MR) is 161 cm³/mol. The molecular weight excluding hydrogens is 552 g/mol. The first-order chi connectivity index (χ1) is 21.2. The van der Waals surface area contributed by atoms with E-state index >= 15 is 0 Å². The molecule has 8 heteroatoms. The van der Waals surface area contributed by atoms with Crippen LogP contribution in [0.5, 0.6) is 23.0 Å². The standard InChI is InChI=1S/C36H28N4O4/c37-5-1-21-9-25-17-27-11-22(2-6-38)13-29(34(27)42)19-31-15-24(4-8-40)16-32(36(31)44)20-30-14-23(3-7-39)12-28(35(30)43)18-26(10-21)33(25)41/h9-16,41-44H,1-4,17-20H2. The third kappa shape index (κ3) is 5.98. The maximum Gasteiger partial charge on any atom is 0.122 e. The highest BCUT2D eigenvalue weighted by molar-refractivity contribution is 5.58. The van der Waals surface area contributed by atoms with Crippen LogP contribution in [0.1, 0.15) is 66.8 Å². The summed E-state index contributed by atoms with van der Waals surface area (Å²) >= 11 is 0. The summed E-state index contributed by atoms with van der Waals surface area (Å²) in [6.45, 7) is 0. The largest absolute Gasteiger partial charge is 0.507 e. The quantitative estimate of drug-likeness (QED) is 0.217. The van der Waals surface area contributed by atoms with Crippen molar-refractivity contribution in [2.45, 2.75) is 51.4 Å². The molecule has 0 radical (unpaired) electrons. The lowest BCUT2D eigenvalue weighted by Crippen LogP contribution is -2.04. The molecule has 5 rings (SSSR count). The summed E-state index contributed by atoms with van der Waals surface area (Å²) in [5.74, 6) is -0.163. The maximum absolute atomic E-state index is 11.5. The lowest BCUT2D eigenvalue weighted by Gasteiger charge is -2.19. The van der Waals surface area contributed by atoms with Crippen LogP contribution in [-0.2, 0) is 51.4 Å². The van der Waals surface area contributed by atoms with Crippen molar-refractivity contribution in [3.8, 4) is 47.3 Å². The van der Waals surface area contributed by atoms with Gasteiger partial charge in [-0.15, -0.1) is 0 Å². The van der Waals surface area contributed by atoms with Crippen LogP contribution in [-0.4, -0.2) is 20.4 Å². The number of nitrogens with zero attached hydrogens (tertiary/aromatic N) is 4. The fraction of sp³-hybridized carbons (Fsp3) is 0.222. The number of benzene rings is 4. The zero-order chi connectivity index (χ0) is 31.4. The van der Waals surface area contributed by atoms with Gasteiger partial charge in [0.1, 0.15) is 23.0 Å². The number of phenols is 4. The molecule has 0 saturated carbocycles. The number of hydrogen-bond donors (Lipinski definition) is 4. The van der Waals surface area contributed by atoms with Crippen LogP contribution < -0.4 is 0 Å². The van der Waals surface area contributed by atoms with Gasteiger partial charge in [0.15, 0.2) is 0 Å². The number of aromatic hydroxyl groups is 4. The molecule has 4 aromatic carbocycles. The molecule has 0 fully saturated rings. The topological polar surface area (TPSA) is 176 Å². The summed E-state index contributed by atoms with van der Waals surface area (Å²) in [7, 11) is 0. The van der Waals surface area contributed by atoms with Gasteiger partial charge in [0.2, 0.25) is 0 Å². The summed E-state index contributed by atoms with van der Waals surface area (Å²) in [6.07, 6.45) is 0.684. The van der Waals surface area contributed by atoms with Crippen LogP contribution in [0, 0.1) is 45.3 Å². The van der Waals surface area contributed by atoms with Crippen LogP contribution in [0.25, 0.3) is 0 Å². The Hall–Kier alpha value is -5.96. The van der Waals surface area contributed by atoms with Gasteiger partial charge in [-0.3, -0.25) is 0 Å². The molecule has 216 valence electrons. The average molecular weight is 581 g/mol. The summed E-state index contributed by atoms with van der Waals surface area (Å²) in [5, 5.41) is 83.6. The van der Waals surface area contributed by atoms with Crippen molar-refractivity contribution in [2.75, 3.05) is 0 Å². The highest BCUT2D eigenvalue weighted by Crippen LogP contribution is 2.39. The molecule has 0 atom stereocenters. The zero-order valence-corrected chi connectivity index (χ0v) is 23.9. The smallest absolute Gasteiger partial charge is 0.122 e. The van der Waals surface area contributed by atoms with Crippen molar-refractivity contribution in [1.29, 1.82) is 21.0 Å². The van der Waals surface area contributed by atoms with E-state index in [1.807, 2.05) is 0 Å². The maximum atomic E-state index is 11.5. The number of phenolic OH excluding ortho intramolecular Hbond substituents is 4. The van der Waals surface area contributed by atoms with Crippen molar-refractivity contribution in [2.24, 2.45) is 0 Å². The molecule has 4 aromatic rings. The molecule has 0 heterocycles. The monoisotopic (exact) mass is 580 g/mol. The molecule has 1 aliphatic carbocycles. The number of nitriles is 4. The van der Waals surface area contributed by atoms with E-state index in [-0.39, 0.29) is 74.4 Å². The molecule has 0 aromatic heterocycles. The molecule has 0 unspecified atom stereocenters. The van der Waals surface area contributed by atoms with Crippen molar-refractivity contribution >= 4 is 0 Å². The van der Waals surface area contributed by atoms with E-state index in [0.717, 1.165) is 0 Å². The molecular formula is C36H28N4O4. The van der Waals surface area contributed by atoms with Gasteiger partial charge in [-0.05, 0) is 66.8 Å². The van der Waals surface area contributed by atoms with Crippen molar-refractivity contribution in [1.82, 2.24) is 0 Å². The lowest BCUT2D eigenvalue weighted by atomic mass is 9.88. The minimum absolute atomic E-state index is 0.0407. The first-order valence-electron chi connectivity index (χ1n) is 14.1. The Morgan fingerprint density at radius 1 is 0.364 bits per heavy atom. The van der Waals surface area contributed by atoms with Gasteiger partial charge in [-0.25, -0.2) is 0 Å². The predicted octanol–water partition coefficient (Wildman–Crippen LogP) is 5.45. The SMILES string of the molecule is N#CCc1cc2c(O)c(c1)Cc1cc(CC#N)cc(c1O)Cc1cc(CC#N)cc(c1O)Cc1cc(CC#N)cc(c1O)C2. The first kappa shape index (κ1) is 29.5. The lowest BCUT2D eigenvalue weighted by molar-refractivity contribution is 0.450. The molecule has 4 N–H and O–H groups in total. The minimum Gasteiger partial charge on any atom is -0.507 e. The van der Waals surface area contributed by atoms with Crippen LogP contribution in [0.3, 0.4) is 0 Å². The van der Waals surface area contributed by atoms with E-state index in [2.05, 4.69) is 24.3 Å². The second kappa shape index (κ2) is 12.5. The normalized spacial score (nSPS) is 11.9. The summed E-state index contributed by atoms with van der Waals surface area (Å²) in [4.78, 5) is 0. The van der Waals surface area contributed by atoms with Crippen molar-refractivity contribution in [3.63, 3.8) is 0 Å². The van der Waals surface area contributed by atoms with Gasteiger partial charge in [-0.1, -0.05) is 48.5 Å². The third-order valence-electron chi connectivity index (χ3n) is 7.97. The molecule has 0 spiro atoms. The van der Waals surface area contributed by atoms with Crippen LogP contribution >= 0.6 is 0 Å². The first-order valence-corrected chi connectivity index (χ1v) is 14.1. The van der Waals surface area contributed by atoms with Gasteiger partial charge in [-0.2, -0.15) is 21.0 Å². The van der Waals surface area contributed by atoms with Gasteiger partial charge >= 0.3 is 0 Å². The highest BCUT2D eigenvalue weighted by Gasteiger charge is 2.21. The second-order valence-corrected chi connectivity index (χ2v) is 11.1. The van der Waals surface area contributed by atoms with E-state index in [0.29, 0.717) is 66.8 Å². The van der Waals surface area contributed by atoms with E-state index in [1.54, 1.807) is 48.5 Å². The van der Waals surface area contributed by atoms with E-state index in [4.69, 9.17) is 0 Å². The summed E-state index contributed by atoms with van der Waals surface area (Å²) in [6, 6.07) is 22.2. The molecule has 8 bridgehead atoms. The van der Waals surface area contributed by atoms with E-state index < -0.39 is 0 Å². The van der Waals surface area contributed by atoms with Crippen LogP contribution in [0.2, 0.25) is 0 Å². The fourth-order valence-electron chi connectivity index (χ4n) is 6.00. The Morgan fingerprint density at radius 3 is 0.659 bits per heavy atom. The van der Waals surface area contributed by atoms with E-state index in [9.17, 15) is 41.5 Å².